The van der Waals surface area contributed by atoms with E-state index in [0.29, 0.717) is 17.7 Å². The fourth-order valence-corrected chi connectivity index (χ4v) is 4.90. The van der Waals surface area contributed by atoms with E-state index < -0.39 is 37.5 Å². The summed E-state index contributed by atoms with van der Waals surface area (Å²) in [5, 5.41) is 18.7. The van der Waals surface area contributed by atoms with Crippen molar-refractivity contribution < 1.29 is 22.9 Å². The van der Waals surface area contributed by atoms with Crippen LogP contribution in [0.4, 0.5) is 5.69 Å². The van der Waals surface area contributed by atoms with Crippen molar-refractivity contribution in [2.45, 2.75) is 64.9 Å². The van der Waals surface area contributed by atoms with Crippen LogP contribution in [-0.2, 0) is 10.0 Å². The van der Waals surface area contributed by atoms with Gasteiger partial charge in [0.05, 0.1) is 10.6 Å². The molecule has 1 heterocycles. The molecule has 198 valence electrons. The molecule has 0 spiro atoms. The maximum Gasteiger partial charge on any atom is 0.272 e. The van der Waals surface area contributed by atoms with Gasteiger partial charge in [0.15, 0.2) is 5.69 Å². The summed E-state index contributed by atoms with van der Waals surface area (Å²) >= 11 is 0. The second-order valence-electron chi connectivity index (χ2n) is 9.08. The number of nitro groups is 1. The van der Waals surface area contributed by atoms with E-state index >= 15 is 0 Å². The van der Waals surface area contributed by atoms with Crippen LogP contribution < -0.4 is 14.8 Å². The highest BCUT2D eigenvalue weighted by molar-refractivity contribution is 7.89. The van der Waals surface area contributed by atoms with E-state index in [4.69, 9.17) is 4.74 Å². The predicted molar refractivity (Wildman–Crippen MR) is 139 cm³/mol. The molecule has 0 saturated heterocycles. The van der Waals surface area contributed by atoms with Gasteiger partial charge in [-0.1, -0.05) is 24.6 Å². The van der Waals surface area contributed by atoms with Crippen molar-refractivity contribution in [1.82, 2.24) is 19.8 Å². The molecule has 0 radical (unpaired) electrons. The highest BCUT2D eigenvalue weighted by Crippen LogP contribution is 2.36. The topological polar surface area (TPSA) is 145 Å². The van der Waals surface area contributed by atoms with E-state index in [0.717, 1.165) is 17.7 Å². The average molecular weight is 530 g/mol. The third-order valence-electron chi connectivity index (χ3n) is 5.58. The molecule has 2 aromatic carbocycles. The minimum Gasteiger partial charge on any atom is -0.437 e. The van der Waals surface area contributed by atoms with Crippen LogP contribution >= 0.6 is 0 Å². The summed E-state index contributed by atoms with van der Waals surface area (Å²) < 4.78 is 36.4. The van der Waals surface area contributed by atoms with Gasteiger partial charge in [-0.2, -0.15) is 9.78 Å². The number of nitrogens with zero attached hydrogens (tertiary/aromatic N) is 3. The van der Waals surface area contributed by atoms with Gasteiger partial charge in [-0.25, -0.2) is 13.1 Å². The largest absolute Gasteiger partial charge is 0.437 e. The molecular weight excluding hydrogens is 498 g/mol. The van der Waals surface area contributed by atoms with E-state index in [1.807, 2.05) is 39.8 Å². The molecule has 0 aliphatic rings. The summed E-state index contributed by atoms with van der Waals surface area (Å²) in [6.45, 7) is 10.7. The van der Waals surface area contributed by atoms with Crippen LogP contribution in [0.2, 0.25) is 0 Å². The van der Waals surface area contributed by atoms with Crippen molar-refractivity contribution in [2.75, 3.05) is 0 Å². The molecular formula is C25H31N5O6S. The van der Waals surface area contributed by atoms with Gasteiger partial charge in [0, 0.05) is 29.8 Å². The Morgan fingerprint density at radius 1 is 1.14 bits per heavy atom. The lowest BCUT2D eigenvalue weighted by Crippen LogP contribution is -2.32. The first-order valence-corrected chi connectivity index (χ1v) is 13.3. The van der Waals surface area contributed by atoms with Crippen LogP contribution in [0.5, 0.6) is 11.6 Å². The molecule has 37 heavy (non-hydrogen) atoms. The second-order valence-corrected chi connectivity index (χ2v) is 10.8. The van der Waals surface area contributed by atoms with Gasteiger partial charge < -0.3 is 10.1 Å². The lowest BCUT2D eigenvalue weighted by atomic mass is 10.2. The summed E-state index contributed by atoms with van der Waals surface area (Å²) in [7, 11) is -4.19. The molecule has 12 heteroatoms. The first-order chi connectivity index (χ1) is 17.3. The third-order valence-corrected chi connectivity index (χ3v) is 7.20. The molecule has 1 unspecified atom stereocenters. The van der Waals surface area contributed by atoms with Gasteiger partial charge in [0.1, 0.15) is 10.6 Å². The molecule has 3 rings (SSSR count). The number of carbonyl (C=O) groups excluding carboxylic acids is 1. The monoisotopic (exact) mass is 529 g/mol. The van der Waals surface area contributed by atoms with Gasteiger partial charge in [0.25, 0.3) is 11.6 Å². The fraction of sp³-hybridized carbons (Fsp3) is 0.360. The first-order valence-electron chi connectivity index (χ1n) is 11.8. The highest BCUT2D eigenvalue weighted by Gasteiger charge is 2.28. The van der Waals surface area contributed by atoms with E-state index in [1.54, 1.807) is 26.0 Å². The molecule has 0 aliphatic heterocycles. The average Bonchev–Trinajstić information content (AvgIpc) is 3.14. The third kappa shape index (κ3) is 6.33. The molecule has 11 nitrogen and oxygen atoms in total. The van der Waals surface area contributed by atoms with Crippen molar-refractivity contribution >= 4 is 21.6 Å². The van der Waals surface area contributed by atoms with E-state index in [2.05, 4.69) is 15.1 Å². The van der Waals surface area contributed by atoms with E-state index in [1.165, 1.54) is 10.7 Å². The minimum absolute atomic E-state index is 0.103. The number of ether oxygens (including phenoxy) is 1. The smallest absolute Gasteiger partial charge is 0.272 e. The zero-order chi connectivity index (χ0) is 27.5. The van der Waals surface area contributed by atoms with Crippen molar-refractivity contribution in [3.05, 3.63) is 69.4 Å². The molecule has 2 N–H and O–H groups in total. The molecule has 0 bridgehead atoms. The molecule has 0 fully saturated rings. The van der Waals surface area contributed by atoms with Crippen LogP contribution in [0, 0.1) is 24.0 Å². The number of nitrogens with one attached hydrogen (secondary N) is 2. The van der Waals surface area contributed by atoms with Gasteiger partial charge in [-0.05, 0) is 59.2 Å². The summed E-state index contributed by atoms with van der Waals surface area (Å²) in [6.07, 6.45) is 0.512. The maximum atomic E-state index is 13.2. The van der Waals surface area contributed by atoms with Crippen molar-refractivity contribution in [3.63, 3.8) is 0 Å². The molecule has 3 aromatic rings. The van der Waals surface area contributed by atoms with Crippen LogP contribution in [-0.4, -0.2) is 41.1 Å². The Kier molecular flexibility index (Phi) is 8.34. The van der Waals surface area contributed by atoms with Crippen molar-refractivity contribution in [3.8, 4) is 17.3 Å². The number of sulfonamides is 1. The van der Waals surface area contributed by atoms with Gasteiger partial charge >= 0.3 is 0 Å². The zero-order valence-corrected chi connectivity index (χ0v) is 22.4. The first kappa shape index (κ1) is 27.8. The number of hydrogen-bond acceptors (Lipinski definition) is 7. The summed E-state index contributed by atoms with van der Waals surface area (Å²) in [5.41, 5.74) is 1.66. The summed E-state index contributed by atoms with van der Waals surface area (Å²) in [5.74, 6) is -0.460. The number of amides is 1. The predicted octanol–water partition coefficient (Wildman–Crippen LogP) is 4.40. The highest BCUT2D eigenvalue weighted by atomic mass is 32.2. The molecule has 0 saturated carbocycles. The summed E-state index contributed by atoms with van der Waals surface area (Å²) in [4.78, 5) is 23.2. The van der Waals surface area contributed by atoms with Gasteiger partial charge in [-0.15, -0.1) is 0 Å². The SMILES string of the molecule is CCC(C)NS(=O)(=O)c1cc([N+](=O)[O-])ccc1Oc1c(C)c(C(=O)NC(C)C)nn1-c1ccc(C)cc1. The van der Waals surface area contributed by atoms with E-state index in [9.17, 15) is 23.3 Å². The van der Waals surface area contributed by atoms with Gasteiger partial charge in [0.2, 0.25) is 15.9 Å². The van der Waals surface area contributed by atoms with Crippen LogP contribution in [0.1, 0.15) is 55.7 Å². The second kappa shape index (κ2) is 11.1. The Hall–Kier alpha value is -3.77. The van der Waals surface area contributed by atoms with Crippen molar-refractivity contribution in [1.29, 1.82) is 0 Å². The van der Waals surface area contributed by atoms with Crippen LogP contribution in [0.25, 0.3) is 5.69 Å². The Bertz CT molecular complexity index is 1410. The fourth-order valence-electron chi connectivity index (χ4n) is 3.43. The number of aryl methyl sites for hydroxylation is 1. The lowest BCUT2D eigenvalue weighted by Gasteiger charge is -2.16. The zero-order valence-electron chi connectivity index (χ0n) is 21.6. The molecule has 1 amide bonds. The number of carbonyl (C=O) groups is 1. The lowest BCUT2D eigenvalue weighted by molar-refractivity contribution is -0.385. The maximum absolute atomic E-state index is 13.2. The Labute approximate surface area is 216 Å². The van der Waals surface area contributed by atoms with Gasteiger partial charge in [-0.3, -0.25) is 14.9 Å². The normalized spacial score (nSPS) is 12.4. The number of non-ortho nitro benzene ring substituents is 1. The number of nitro benzene ring substituents is 1. The number of hydrogen-bond donors (Lipinski definition) is 2. The van der Waals surface area contributed by atoms with E-state index in [-0.39, 0.29) is 23.4 Å². The molecule has 0 aliphatic carbocycles. The molecule has 1 atom stereocenters. The summed E-state index contributed by atoms with van der Waals surface area (Å²) in [6, 6.07) is 10.1. The Morgan fingerprint density at radius 3 is 2.35 bits per heavy atom. The standard InChI is InChI=1S/C25H31N5O6S/c1-7-17(5)28-37(34,35)22-14-20(30(32)33)12-13-21(22)36-25-18(6)23(24(31)26-15(2)3)27-29(25)19-10-8-16(4)9-11-19/h8-15,17,28H,7H2,1-6H3,(H,26,31). The minimum atomic E-state index is -4.19. The van der Waals surface area contributed by atoms with Crippen LogP contribution in [0.3, 0.4) is 0 Å². The number of aromatic nitrogens is 2. The molecule has 1 aromatic heterocycles. The number of rotatable bonds is 10. The van der Waals surface area contributed by atoms with Crippen LogP contribution in [0.15, 0.2) is 47.4 Å². The number of benzene rings is 2. The Morgan fingerprint density at radius 2 is 1.78 bits per heavy atom. The van der Waals surface area contributed by atoms with Crippen molar-refractivity contribution in [2.24, 2.45) is 0 Å². The Balaban J connectivity index is 2.20. The quantitative estimate of drug-likeness (QED) is 0.292.